The summed E-state index contributed by atoms with van der Waals surface area (Å²) in [6.07, 6.45) is -1.46. The number of nitrogens with two attached hydrogens (primary N) is 1. The Kier molecular flexibility index (Phi) is 10.3. The largest absolute Gasteiger partial charge is 1.00 e. The van der Waals surface area contributed by atoms with Gasteiger partial charge >= 0.3 is 35.5 Å². The summed E-state index contributed by atoms with van der Waals surface area (Å²) in [7, 11) is 0. The average molecular weight is 400 g/mol. The van der Waals surface area contributed by atoms with Gasteiger partial charge in [0.1, 0.15) is 18.4 Å². The first-order chi connectivity index (χ1) is 12.9. The number of carboxylic acid groups (broad SMARTS) is 1. The molecule has 0 unspecified atom stereocenters. The number of carbonyl (C=O) groups excluding carboxylic acids is 4. The average Bonchev–Trinajstić information content (AvgIpc) is 3.45. The molecular formula is C18H21N2NaO7. The molecular weight excluding hydrogens is 379 g/mol. The SMILES string of the molecule is N[C@@H](Cc1ccccc1)C(=O)CCCOC(=O)CNC(=O)[C@H]1O[C@@H]1C(=O)[O-].[Na+]. The van der Waals surface area contributed by atoms with E-state index in [2.05, 4.69) is 10.1 Å². The Bertz CT molecular complexity index is 698. The summed E-state index contributed by atoms with van der Waals surface area (Å²) in [6.45, 7) is -0.403. The van der Waals surface area contributed by atoms with Crippen molar-refractivity contribution in [2.75, 3.05) is 13.2 Å². The molecule has 1 aromatic carbocycles. The zero-order valence-electron chi connectivity index (χ0n) is 15.6. The number of hydrogen-bond donors (Lipinski definition) is 2. The van der Waals surface area contributed by atoms with Gasteiger partial charge in [0, 0.05) is 6.42 Å². The third-order valence-electron chi connectivity index (χ3n) is 3.93. The van der Waals surface area contributed by atoms with Crippen LogP contribution in [0.3, 0.4) is 0 Å². The van der Waals surface area contributed by atoms with Crippen LogP contribution in [-0.2, 0) is 35.1 Å². The topological polar surface area (TPSA) is 151 Å². The second kappa shape index (κ2) is 11.9. The van der Waals surface area contributed by atoms with Crippen LogP contribution in [0.1, 0.15) is 18.4 Å². The van der Waals surface area contributed by atoms with Gasteiger partial charge < -0.3 is 30.4 Å². The van der Waals surface area contributed by atoms with Gasteiger partial charge in [-0.25, -0.2) is 0 Å². The second-order valence-corrected chi connectivity index (χ2v) is 6.10. The van der Waals surface area contributed by atoms with E-state index in [0.29, 0.717) is 12.8 Å². The summed E-state index contributed by atoms with van der Waals surface area (Å²) in [5, 5.41) is 12.7. The van der Waals surface area contributed by atoms with E-state index in [9.17, 15) is 24.3 Å². The van der Waals surface area contributed by atoms with E-state index in [1.54, 1.807) is 0 Å². The molecule has 1 saturated heterocycles. The number of aliphatic carboxylic acids is 1. The van der Waals surface area contributed by atoms with Gasteiger partial charge in [-0.2, -0.15) is 0 Å². The molecule has 0 bridgehead atoms. The first-order valence-electron chi connectivity index (χ1n) is 8.50. The van der Waals surface area contributed by atoms with Crippen molar-refractivity contribution in [3.63, 3.8) is 0 Å². The fourth-order valence-corrected chi connectivity index (χ4v) is 2.40. The molecule has 1 aliphatic heterocycles. The zero-order chi connectivity index (χ0) is 19.8. The van der Waals surface area contributed by atoms with Crippen LogP contribution < -0.4 is 45.7 Å². The molecule has 9 nitrogen and oxygen atoms in total. The quantitative estimate of drug-likeness (QED) is 0.162. The Morgan fingerprint density at radius 2 is 1.86 bits per heavy atom. The molecule has 0 saturated carbocycles. The molecule has 0 aromatic heterocycles. The van der Waals surface area contributed by atoms with Crippen molar-refractivity contribution in [3.05, 3.63) is 35.9 Å². The summed E-state index contributed by atoms with van der Waals surface area (Å²) in [5.74, 6) is -3.02. The maximum Gasteiger partial charge on any atom is 1.00 e. The molecule has 3 N–H and O–H groups in total. The van der Waals surface area contributed by atoms with E-state index in [4.69, 9.17) is 10.5 Å². The number of Topliss-reactive ketones (excluding diaryl/α,β-unsaturated/α-hetero) is 1. The molecule has 0 spiro atoms. The van der Waals surface area contributed by atoms with Gasteiger partial charge in [0.05, 0.1) is 18.6 Å². The Balaban J connectivity index is 0.00000392. The second-order valence-electron chi connectivity index (χ2n) is 6.10. The van der Waals surface area contributed by atoms with Crippen LogP contribution in [0.4, 0.5) is 0 Å². The number of ether oxygens (including phenoxy) is 2. The monoisotopic (exact) mass is 400 g/mol. The summed E-state index contributed by atoms with van der Waals surface area (Å²) < 4.78 is 9.49. The summed E-state index contributed by atoms with van der Waals surface area (Å²) >= 11 is 0. The molecule has 1 amide bonds. The predicted octanol–water partition coefficient (Wildman–Crippen LogP) is -4.91. The van der Waals surface area contributed by atoms with Crippen LogP contribution in [0.5, 0.6) is 0 Å². The summed E-state index contributed by atoms with van der Waals surface area (Å²) in [5.41, 5.74) is 6.85. The van der Waals surface area contributed by atoms with E-state index in [0.717, 1.165) is 5.56 Å². The molecule has 1 fully saturated rings. The van der Waals surface area contributed by atoms with Gasteiger partial charge in [0.15, 0.2) is 6.10 Å². The van der Waals surface area contributed by atoms with Crippen LogP contribution in [0.15, 0.2) is 30.3 Å². The van der Waals surface area contributed by atoms with E-state index in [-0.39, 0.29) is 48.4 Å². The number of ketones is 1. The van der Waals surface area contributed by atoms with E-state index < -0.39 is 42.6 Å². The number of rotatable bonds is 11. The Morgan fingerprint density at radius 1 is 1.18 bits per heavy atom. The number of carbonyl (C=O) groups is 4. The third-order valence-corrected chi connectivity index (χ3v) is 3.93. The van der Waals surface area contributed by atoms with Gasteiger partial charge in [-0.05, 0) is 18.4 Å². The van der Waals surface area contributed by atoms with E-state index >= 15 is 0 Å². The number of benzene rings is 1. The maximum absolute atomic E-state index is 12.0. The minimum Gasteiger partial charge on any atom is -0.547 e. The zero-order valence-corrected chi connectivity index (χ0v) is 17.6. The van der Waals surface area contributed by atoms with Crippen LogP contribution in [0, 0.1) is 0 Å². The number of hydrogen-bond acceptors (Lipinski definition) is 8. The first-order valence-corrected chi connectivity index (χ1v) is 8.50. The molecule has 146 valence electrons. The number of esters is 1. The maximum atomic E-state index is 12.0. The number of nitrogens with one attached hydrogen (secondary N) is 1. The van der Waals surface area contributed by atoms with Crippen LogP contribution in [0.25, 0.3) is 0 Å². The molecule has 0 radical (unpaired) electrons. The molecule has 2 rings (SSSR count). The molecule has 10 heteroatoms. The first kappa shape index (κ1) is 24.3. The Labute approximate surface area is 184 Å². The van der Waals surface area contributed by atoms with Crippen molar-refractivity contribution in [1.82, 2.24) is 5.32 Å². The number of carboxylic acids is 1. The smallest absolute Gasteiger partial charge is 0.547 e. The Morgan fingerprint density at radius 3 is 2.46 bits per heavy atom. The minimum atomic E-state index is -1.48. The van der Waals surface area contributed by atoms with Crippen LogP contribution >= 0.6 is 0 Å². The van der Waals surface area contributed by atoms with E-state index in [1.807, 2.05) is 30.3 Å². The van der Waals surface area contributed by atoms with Crippen molar-refractivity contribution in [3.8, 4) is 0 Å². The molecule has 1 aliphatic rings. The van der Waals surface area contributed by atoms with Gasteiger partial charge in [0.2, 0.25) is 0 Å². The molecule has 3 atom stereocenters. The van der Waals surface area contributed by atoms with Gasteiger partial charge in [-0.15, -0.1) is 0 Å². The third kappa shape index (κ3) is 8.07. The van der Waals surface area contributed by atoms with Crippen LogP contribution in [0.2, 0.25) is 0 Å². The minimum absolute atomic E-state index is 0. The van der Waals surface area contributed by atoms with Gasteiger partial charge in [-0.1, -0.05) is 30.3 Å². The van der Waals surface area contributed by atoms with Crippen molar-refractivity contribution in [2.45, 2.75) is 37.5 Å². The van der Waals surface area contributed by atoms with E-state index in [1.165, 1.54) is 0 Å². The molecule has 1 aromatic rings. The van der Waals surface area contributed by atoms with Gasteiger partial charge in [-0.3, -0.25) is 14.4 Å². The fraction of sp³-hybridized carbons (Fsp3) is 0.444. The number of amides is 1. The number of epoxide rings is 1. The predicted molar refractivity (Wildman–Crippen MR) is 90.0 cm³/mol. The molecule has 28 heavy (non-hydrogen) atoms. The normalized spacial score (nSPS) is 18.3. The van der Waals surface area contributed by atoms with Crippen molar-refractivity contribution < 1.29 is 63.3 Å². The van der Waals surface area contributed by atoms with Crippen molar-refractivity contribution in [2.24, 2.45) is 5.73 Å². The van der Waals surface area contributed by atoms with Gasteiger partial charge in [0.25, 0.3) is 5.91 Å². The standard InChI is InChI=1S/C18H22N2O7.Na/c19-12(9-11-5-2-1-3-6-11)13(21)7-4-8-26-14(22)10-20-17(23)15-16(27-15)18(24)25;/h1-3,5-6,12,15-16H,4,7-10,19H2,(H,20,23)(H,24,25);/q;+1/p-1/t12-,15-,16-;/m0./s1. The Hall–Kier alpha value is -1.78. The fourth-order valence-electron chi connectivity index (χ4n) is 2.40. The summed E-state index contributed by atoms with van der Waals surface area (Å²) in [4.78, 5) is 45.4. The summed E-state index contributed by atoms with van der Waals surface area (Å²) in [6, 6.07) is 8.80. The molecule has 0 aliphatic carbocycles. The van der Waals surface area contributed by atoms with Crippen molar-refractivity contribution in [1.29, 1.82) is 0 Å². The molecule has 1 heterocycles. The van der Waals surface area contributed by atoms with Crippen molar-refractivity contribution >= 4 is 23.6 Å². The van der Waals surface area contributed by atoms with Crippen LogP contribution in [-0.4, -0.2) is 55.0 Å².